The van der Waals surface area contributed by atoms with Crippen LogP contribution in [0.2, 0.25) is 0 Å². The van der Waals surface area contributed by atoms with Gasteiger partial charge in [0.2, 0.25) is 11.8 Å². The zero-order valence-electron chi connectivity index (χ0n) is 10.6. The summed E-state index contributed by atoms with van der Waals surface area (Å²) in [6, 6.07) is 6.74. The monoisotopic (exact) mass is 264 g/mol. The van der Waals surface area contributed by atoms with Gasteiger partial charge in [0, 0.05) is 12.7 Å². The van der Waals surface area contributed by atoms with Gasteiger partial charge >= 0.3 is 0 Å². The molecule has 19 heavy (non-hydrogen) atoms. The molecular formula is C12H16N4O3. The molecule has 0 spiro atoms. The topological polar surface area (TPSA) is 119 Å². The third kappa shape index (κ3) is 3.98. The Balaban J connectivity index is 3.04. The van der Waals surface area contributed by atoms with Crippen LogP contribution in [0.3, 0.4) is 0 Å². The Morgan fingerprint density at radius 3 is 2.11 bits per heavy atom. The molecule has 0 aliphatic carbocycles. The van der Waals surface area contributed by atoms with Crippen molar-refractivity contribution < 1.29 is 14.4 Å². The van der Waals surface area contributed by atoms with Gasteiger partial charge in [-0.1, -0.05) is 12.1 Å². The van der Waals surface area contributed by atoms with Gasteiger partial charge in [0.15, 0.2) is 0 Å². The zero-order valence-corrected chi connectivity index (χ0v) is 10.6. The molecule has 0 saturated carbocycles. The summed E-state index contributed by atoms with van der Waals surface area (Å²) in [7, 11) is 1.67. The number of rotatable bonds is 6. The SMILES string of the molecule is CNc1ccccc1C(=O)N(CC(N)=O)CC(N)=O. The highest BCUT2D eigenvalue weighted by atomic mass is 16.2. The maximum atomic E-state index is 12.3. The first-order valence-electron chi connectivity index (χ1n) is 5.58. The minimum atomic E-state index is -0.712. The quantitative estimate of drug-likeness (QED) is 0.619. The van der Waals surface area contributed by atoms with E-state index in [1.165, 1.54) is 0 Å². The fourth-order valence-electron chi connectivity index (χ4n) is 1.63. The third-order valence-corrected chi connectivity index (χ3v) is 2.41. The molecule has 3 amide bonds. The predicted octanol–water partition coefficient (Wildman–Crippen LogP) is -0.859. The van der Waals surface area contributed by atoms with E-state index in [2.05, 4.69) is 5.32 Å². The number of amides is 3. The van der Waals surface area contributed by atoms with Crippen molar-refractivity contribution >= 4 is 23.4 Å². The van der Waals surface area contributed by atoms with Crippen LogP contribution >= 0.6 is 0 Å². The van der Waals surface area contributed by atoms with Crippen LogP contribution in [0.1, 0.15) is 10.4 Å². The Kier molecular flexibility index (Phi) is 4.87. The standard InChI is InChI=1S/C12H16N4O3/c1-15-9-5-3-2-4-8(9)12(19)16(6-10(13)17)7-11(14)18/h2-5,15H,6-7H2,1H3,(H2,13,17)(H2,14,18). The molecule has 0 fully saturated rings. The minimum Gasteiger partial charge on any atom is -0.387 e. The number of hydrogen-bond donors (Lipinski definition) is 3. The van der Waals surface area contributed by atoms with Crippen LogP contribution in [0.15, 0.2) is 24.3 Å². The lowest BCUT2D eigenvalue weighted by molar-refractivity contribution is -0.121. The van der Waals surface area contributed by atoms with E-state index < -0.39 is 17.7 Å². The van der Waals surface area contributed by atoms with Gasteiger partial charge in [0.1, 0.15) is 13.1 Å². The molecule has 7 heteroatoms. The lowest BCUT2D eigenvalue weighted by atomic mass is 10.1. The summed E-state index contributed by atoms with van der Waals surface area (Å²) >= 11 is 0. The normalized spacial score (nSPS) is 9.74. The van der Waals surface area contributed by atoms with Crippen LogP contribution in [0, 0.1) is 0 Å². The van der Waals surface area contributed by atoms with Gasteiger partial charge in [-0.25, -0.2) is 0 Å². The molecule has 0 aliphatic rings. The van der Waals surface area contributed by atoms with E-state index in [1.807, 2.05) is 0 Å². The highest BCUT2D eigenvalue weighted by Crippen LogP contribution is 2.16. The molecule has 0 radical (unpaired) electrons. The number of benzene rings is 1. The van der Waals surface area contributed by atoms with Gasteiger partial charge < -0.3 is 21.7 Å². The number of carbonyl (C=O) groups excluding carboxylic acids is 3. The van der Waals surface area contributed by atoms with Crippen molar-refractivity contribution in [2.45, 2.75) is 0 Å². The maximum Gasteiger partial charge on any atom is 0.256 e. The van der Waals surface area contributed by atoms with Gasteiger partial charge in [-0.3, -0.25) is 14.4 Å². The second-order valence-corrected chi connectivity index (χ2v) is 3.89. The Labute approximate surface area is 110 Å². The van der Waals surface area contributed by atoms with Crippen molar-refractivity contribution in [2.75, 3.05) is 25.5 Å². The van der Waals surface area contributed by atoms with Crippen molar-refractivity contribution in [3.05, 3.63) is 29.8 Å². The fourth-order valence-corrected chi connectivity index (χ4v) is 1.63. The molecule has 1 rings (SSSR count). The summed E-state index contributed by atoms with van der Waals surface area (Å²) in [6.45, 7) is -0.723. The Morgan fingerprint density at radius 1 is 1.11 bits per heavy atom. The molecule has 0 aromatic heterocycles. The summed E-state index contributed by atoms with van der Waals surface area (Å²) in [5.74, 6) is -1.91. The lowest BCUT2D eigenvalue weighted by Gasteiger charge is -2.20. The van der Waals surface area contributed by atoms with E-state index in [0.29, 0.717) is 11.3 Å². The molecule has 1 aromatic rings. The number of nitrogens with one attached hydrogen (secondary N) is 1. The van der Waals surface area contributed by atoms with E-state index in [0.717, 1.165) is 4.90 Å². The van der Waals surface area contributed by atoms with Gasteiger partial charge in [0.25, 0.3) is 5.91 Å². The van der Waals surface area contributed by atoms with Crippen LogP contribution in [-0.2, 0) is 9.59 Å². The number of nitrogens with two attached hydrogens (primary N) is 2. The molecule has 0 bridgehead atoms. The molecule has 0 saturated heterocycles. The van der Waals surface area contributed by atoms with Crippen LogP contribution in [0.4, 0.5) is 5.69 Å². The van der Waals surface area contributed by atoms with Gasteiger partial charge in [-0.2, -0.15) is 0 Å². The summed E-state index contributed by atoms with van der Waals surface area (Å²) in [6.07, 6.45) is 0. The van der Waals surface area contributed by atoms with E-state index in [4.69, 9.17) is 11.5 Å². The van der Waals surface area contributed by atoms with E-state index in [1.54, 1.807) is 31.3 Å². The van der Waals surface area contributed by atoms with E-state index in [9.17, 15) is 14.4 Å². The van der Waals surface area contributed by atoms with Crippen LogP contribution in [-0.4, -0.2) is 42.8 Å². The molecule has 0 atom stereocenters. The zero-order chi connectivity index (χ0) is 14.4. The van der Waals surface area contributed by atoms with Crippen molar-refractivity contribution in [3.8, 4) is 0 Å². The fraction of sp³-hybridized carbons (Fsp3) is 0.250. The summed E-state index contributed by atoms with van der Waals surface area (Å²) < 4.78 is 0. The average molecular weight is 264 g/mol. The third-order valence-electron chi connectivity index (χ3n) is 2.41. The van der Waals surface area contributed by atoms with Crippen molar-refractivity contribution in [2.24, 2.45) is 11.5 Å². The first-order chi connectivity index (χ1) is 8.95. The first kappa shape index (κ1) is 14.5. The number of nitrogens with zero attached hydrogens (tertiary/aromatic N) is 1. The van der Waals surface area contributed by atoms with Crippen LogP contribution < -0.4 is 16.8 Å². The smallest absolute Gasteiger partial charge is 0.256 e. The molecular weight excluding hydrogens is 248 g/mol. The maximum absolute atomic E-state index is 12.3. The summed E-state index contributed by atoms with van der Waals surface area (Å²) in [5.41, 5.74) is 11.0. The lowest BCUT2D eigenvalue weighted by Crippen LogP contribution is -2.43. The Morgan fingerprint density at radius 2 is 1.63 bits per heavy atom. The van der Waals surface area contributed by atoms with Crippen molar-refractivity contribution in [1.29, 1.82) is 0 Å². The molecule has 102 valence electrons. The van der Waals surface area contributed by atoms with Gasteiger partial charge in [-0.15, -0.1) is 0 Å². The number of primary amides is 2. The molecule has 5 N–H and O–H groups in total. The Bertz CT molecular complexity index is 486. The number of carbonyl (C=O) groups is 3. The first-order valence-corrected chi connectivity index (χ1v) is 5.58. The second-order valence-electron chi connectivity index (χ2n) is 3.89. The molecule has 1 aromatic carbocycles. The summed E-state index contributed by atoms with van der Waals surface area (Å²) in [4.78, 5) is 35.2. The van der Waals surface area contributed by atoms with Crippen molar-refractivity contribution in [3.63, 3.8) is 0 Å². The van der Waals surface area contributed by atoms with E-state index >= 15 is 0 Å². The number of hydrogen-bond acceptors (Lipinski definition) is 4. The predicted molar refractivity (Wildman–Crippen MR) is 70.3 cm³/mol. The number of anilines is 1. The van der Waals surface area contributed by atoms with Crippen molar-refractivity contribution in [1.82, 2.24) is 4.90 Å². The number of para-hydroxylation sites is 1. The molecule has 0 heterocycles. The van der Waals surface area contributed by atoms with Crippen LogP contribution in [0.25, 0.3) is 0 Å². The molecule has 0 unspecified atom stereocenters. The highest BCUT2D eigenvalue weighted by Gasteiger charge is 2.21. The molecule has 0 aliphatic heterocycles. The Hall–Kier alpha value is -2.57. The minimum absolute atomic E-state index is 0.340. The van der Waals surface area contributed by atoms with Crippen LogP contribution in [0.5, 0.6) is 0 Å². The highest BCUT2D eigenvalue weighted by molar-refractivity contribution is 6.02. The molecule has 7 nitrogen and oxygen atoms in total. The average Bonchev–Trinajstić information content (AvgIpc) is 2.36. The largest absolute Gasteiger partial charge is 0.387 e. The van der Waals surface area contributed by atoms with Gasteiger partial charge in [0.05, 0.1) is 5.56 Å². The van der Waals surface area contributed by atoms with Gasteiger partial charge in [-0.05, 0) is 12.1 Å². The summed E-state index contributed by atoms with van der Waals surface area (Å²) in [5, 5.41) is 2.86. The van der Waals surface area contributed by atoms with E-state index in [-0.39, 0.29) is 13.1 Å². The second kappa shape index (κ2) is 6.39.